The molecule has 10 aromatic rings. The second kappa shape index (κ2) is 10.1. The van der Waals surface area contributed by atoms with Gasteiger partial charge in [0.25, 0.3) is 0 Å². The van der Waals surface area contributed by atoms with E-state index in [0.29, 0.717) is 0 Å². The predicted octanol–water partition coefficient (Wildman–Crippen LogP) is 13.1. The van der Waals surface area contributed by atoms with Gasteiger partial charge in [0, 0.05) is 62.9 Å². The molecule has 0 fully saturated rings. The minimum absolute atomic E-state index is 1.06. The average molecular weight is 620 g/mol. The van der Waals surface area contributed by atoms with E-state index in [0.717, 1.165) is 5.52 Å². The SMILES string of the molecule is c1cc(-c2cccc3c2sc2ccccc23)cc(-c2cccc3c2sc2c(-c4cccc5ccc6cccnc6c45)cccc23)c1. The van der Waals surface area contributed by atoms with Crippen LogP contribution in [0.3, 0.4) is 0 Å². The predicted molar refractivity (Wildman–Crippen MR) is 201 cm³/mol. The summed E-state index contributed by atoms with van der Waals surface area (Å²) in [5.74, 6) is 0. The largest absolute Gasteiger partial charge is 0.256 e. The molecule has 3 aromatic heterocycles. The first-order valence-corrected chi connectivity index (χ1v) is 17.2. The highest BCUT2D eigenvalue weighted by molar-refractivity contribution is 7.27. The average Bonchev–Trinajstić information content (AvgIpc) is 3.70. The van der Waals surface area contributed by atoms with Crippen LogP contribution >= 0.6 is 22.7 Å². The van der Waals surface area contributed by atoms with Crippen LogP contribution in [0, 0.1) is 0 Å². The summed E-state index contributed by atoms with van der Waals surface area (Å²) in [4.78, 5) is 4.84. The van der Waals surface area contributed by atoms with Crippen molar-refractivity contribution in [1.29, 1.82) is 0 Å². The maximum absolute atomic E-state index is 4.84. The van der Waals surface area contributed by atoms with Gasteiger partial charge in [-0.25, -0.2) is 0 Å². The fraction of sp³-hybridized carbons (Fsp3) is 0. The lowest BCUT2D eigenvalue weighted by Gasteiger charge is -2.10. The Morgan fingerprint density at radius 3 is 1.76 bits per heavy atom. The highest BCUT2D eigenvalue weighted by Crippen LogP contribution is 2.46. The number of benzene rings is 7. The molecule has 0 bridgehead atoms. The van der Waals surface area contributed by atoms with E-state index >= 15 is 0 Å². The quantitative estimate of drug-likeness (QED) is 0.179. The summed E-state index contributed by atoms with van der Waals surface area (Å²) in [5, 5.41) is 8.87. The third kappa shape index (κ3) is 3.83. The molecule has 0 aliphatic heterocycles. The molecule has 3 heteroatoms. The van der Waals surface area contributed by atoms with E-state index in [1.165, 1.54) is 89.9 Å². The molecule has 0 unspecified atom stereocenters. The Morgan fingerprint density at radius 2 is 0.957 bits per heavy atom. The molecule has 1 nitrogen and oxygen atoms in total. The molecule has 0 N–H and O–H groups in total. The van der Waals surface area contributed by atoms with E-state index in [4.69, 9.17) is 4.98 Å². The number of thiophene rings is 2. The second-order valence-corrected chi connectivity index (χ2v) is 13.9. The third-order valence-electron chi connectivity index (χ3n) is 9.32. The van der Waals surface area contributed by atoms with Crippen molar-refractivity contribution in [2.45, 2.75) is 0 Å². The van der Waals surface area contributed by atoms with Crippen LogP contribution in [-0.4, -0.2) is 4.98 Å². The van der Waals surface area contributed by atoms with Crippen LogP contribution in [0.4, 0.5) is 0 Å². The molecule has 214 valence electrons. The van der Waals surface area contributed by atoms with E-state index in [1.54, 1.807) is 0 Å². The van der Waals surface area contributed by atoms with Crippen LogP contribution in [-0.2, 0) is 0 Å². The normalized spacial score (nSPS) is 11.9. The summed E-state index contributed by atoms with van der Waals surface area (Å²) < 4.78 is 5.33. The minimum Gasteiger partial charge on any atom is -0.256 e. The van der Waals surface area contributed by atoms with Gasteiger partial charge in [-0.2, -0.15) is 0 Å². The maximum atomic E-state index is 4.84. The van der Waals surface area contributed by atoms with E-state index in [2.05, 4.69) is 140 Å². The first-order chi connectivity index (χ1) is 22.8. The summed E-state index contributed by atoms with van der Waals surface area (Å²) in [7, 11) is 0. The van der Waals surface area contributed by atoms with Crippen LogP contribution in [0.15, 0.2) is 152 Å². The standard InChI is InChI=1S/C43H25NS2/c1-2-21-38-32(13-1)34-17-5-14-30(41(34)45-38)28-10-3-11-29(25-28)31-15-6-19-36-37-20-7-18-35(43(37)46-42(31)36)33-16-4-9-26-22-23-27-12-8-24-44-40(27)39(26)33/h1-25H. The number of aromatic nitrogens is 1. The first-order valence-electron chi connectivity index (χ1n) is 15.5. The number of fused-ring (bicyclic) bond motifs is 9. The van der Waals surface area contributed by atoms with Crippen LogP contribution in [0.5, 0.6) is 0 Å². The Morgan fingerprint density at radius 1 is 0.391 bits per heavy atom. The van der Waals surface area contributed by atoms with Gasteiger partial charge in [-0.1, -0.05) is 127 Å². The molecule has 0 saturated heterocycles. The van der Waals surface area contributed by atoms with E-state index in [1.807, 2.05) is 34.9 Å². The van der Waals surface area contributed by atoms with Crippen molar-refractivity contribution in [2.24, 2.45) is 0 Å². The zero-order valence-electron chi connectivity index (χ0n) is 24.7. The van der Waals surface area contributed by atoms with Crippen molar-refractivity contribution < 1.29 is 0 Å². The molecule has 0 spiro atoms. The van der Waals surface area contributed by atoms with Gasteiger partial charge in [-0.05, 0) is 51.4 Å². The molecule has 10 rings (SSSR count). The Bertz CT molecular complexity index is 2820. The summed E-state index contributed by atoms with van der Waals surface area (Å²) in [6.07, 6.45) is 1.90. The zero-order chi connectivity index (χ0) is 30.2. The summed E-state index contributed by atoms with van der Waals surface area (Å²) in [5.41, 5.74) is 8.62. The van der Waals surface area contributed by atoms with Crippen LogP contribution < -0.4 is 0 Å². The summed E-state index contributed by atoms with van der Waals surface area (Å²) >= 11 is 3.80. The molecule has 0 aliphatic rings. The smallest absolute Gasteiger partial charge is 0.0786 e. The number of nitrogens with zero attached hydrogens (tertiary/aromatic N) is 1. The number of hydrogen-bond acceptors (Lipinski definition) is 3. The summed E-state index contributed by atoms with van der Waals surface area (Å²) in [6.45, 7) is 0. The van der Waals surface area contributed by atoms with E-state index in [-0.39, 0.29) is 0 Å². The van der Waals surface area contributed by atoms with Gasteiger partial charge >= 0.3 is 0 Å². The van der Waals surface area contributed by atoms with Gasteiger partial charge in [-0.15, -0.1) is 22.7 Å². The molecule has 3 heterocycles. The molecular formula is C43H25NS2. The molecule has 7 aromatic carbocycles. The Kier molecular flexibility index (Phi) is 5.68. The topological polar surface area (TPSA) is 12.9 Å². The van der Waals surface area contributed by atoms with Crippen LogP contribution in [0.25, 0.3) is 95.4 Å². The fourth-order valence-electron chi connectivity index (χ4n) is 7.23. The van der Waals surface area contributed by atoms with Gasteiger partial charge in [0.05, 0.1) is 5.52 Å². The van der Waals surface area contributed by atoms with Gasteiger partial charge in [-0.3, -0.25) is 4.98 Å². The van der Waals surface area contributed by atoms with Gasteiger partial charge in [0.2, 0.25) is 0 Å². The zero-order valence-corrected chi connectivity index (χ0v) is 26.3. The molecule has 46 heavy (non-hydrogen) atoms. The van der Waals surface area contributed by atoms with Crippen LogP contribution in [0.2, 0.25) is 0 Å². The van der Waals surface area contributed by atoms with E-state index in [9.17, 15) is 0 Å². The van der Waals surface area contributed by atoms with Crippen molar-refractivity contribution in [2.75, 3.05) is 0 Å². The van der Waals surface area contributed by atoms with Gasteiger partial charge in [0.1, 0.15) is 0 Å². The summed E-state index contributed by atoms with van der Waals surface area (Å²) in [6, 6.07) is 53.3. The Balaban J connectivity index is 1.18. The number of rotatable bonds is 3. The van der Waals surface area contributed by atoms with Gasteiger partial charge in [0.15, 0.2) is 0 Å². The number of hydrogen-bond donors (Lipinski definition) is 0. The fourth-order valence-corrected chi connectivity index (χ4v) is 9.83. The lowest BCUT2D eigenvalue weighted by molar-refractivity contribution is 1.43. The Labute approximate surface area is 273 Å². The molecule has 0 saturated carbocycles. The van der Waals surface area contributed by atoms with Crippen LogP contribution in [0.1, 0.15) is 0 Å². The minimum atomic E-state index is 1.06. The van der Waals surface area contributed by atoms with Crippen molar-refractivity contribution in [1.82, 2.24) is 4.98 Å². The van der Waals surface area contributed by atoms with Crippen molar-refractivity contribution in [3.05, 3.63) is 152 Å². The molecule has 0 atom stereocenters. The van der Waals surface area contributed by atoms with Gasteiger partial charge < -0.3 is 0 Å². The number of pyridine rings is 1. The molecule has 0 radical (unpaired) electrons. The first kappa shape index (κ1) is 25.9. The Hall–Kier alpha value is -5.35. The lowest BCUT2D eigenvalue weighted by Crippen LogP contribution is -1.86. The third-order valence-corrected chi connectivity index (χ3v) is 11.8. The van der Waals surface area contributed by atoms with Crippen molar-refractivity contribution in [3.8, 4) is 33.4 Å². The maximum Gasteiger partial charge on any atom is 0.0786 e. The highest BCUT2D eigenvalue weighted by atomic mass is 32.1. The molecule has 0 aliphatic carbocycles. The molecular weight excluding hydrogens is 595 g/mol. The second-order valence-electron chi connectivity index (χ2n) is 11.9. The lowest BCUT2D eigenvalue weighted by atomic mass is 9.94. The van der Waals surface area contributed by atoms with E-state index < -0.39 is 0 Å². The monoisotopic (exact) mass is 619 g/mol. The highest BCUT2D eigenvalue weighted by Gasteiger charge is 2.17. The van der Waals surface area contributed by atoms with Crippen molar-refractivity contribution >= 4 is 84.7 Å². The van der Waals surface area contributed by atoms with Crippen molar-refractivity contribution in [3.63, 3.8) is 0 Å². The molecule has 0 amide bonds.